The van der Waals surface area contributed by atoms with Gasteiger partial charge in [-0.15, -0.1) is 0 Å². The van der Waals surface area contributed by atoms with Gasteiger partial charge in [-0.25, -0.2) is 4.79 Å². The molecule has 2 N–H and O–H groups in total. The average molecular weight is 448 g/mol. The minimum absolute atomic E-state index is 0.155. The summed E-state index contributed by atoms with van der Waals surface area (Å²) in [5.41, 5.74) is 0.464. The van der Waals surface area contributed by atoms with Gasteiger partial charge in [0.05, 0.1) is 5.02 Å². The zero-order valence-corrected chi connectivity index (χ0v) is 17.9. The van der Waals surface area contributed by atoms with E-state index in [9.17, 15) is 14.7 Å². The van der Waals surface area contributed by atoms with E-state index in [4.69, 9.17) is 27.9 Å². The fourth-order valence-corrected chi connectivity index (χ4v) is 3.82. The van der Waals surface area contributed by atoms with Crippen molar-refractivity contribution in [1.82, 2.24) is 5.32 Å². The van der Waals surface area contributed by atoms with Crippen LogP contribution in [0.4, 0.5) is 0 Å². The minimum atomic E-state index is -1.18. The van der Waals surface area contributed by atoms with E-state index in [1.807, 2.05) is 0 Å². The monoisotopic (exact) mass is 447 g/mol. The van der Waals surface area contributed by atoms with Gasteiger partial charge >= 0.3 is 5.97 Å². The fourth-order valence-electron chi connectivity index (χ4n) is 3.49. The first-order valence-corrected chi connectivity index (χ1v) is 10.6. The van der Waals surface area contributed by atoms with Crippen molar-refractivity contribution in [1.29, 1.82) is 0 Å². The Labute approximate surface area is 185 Å². The first-order valence-electron chi connectivity index (χ1n) is 9.89. The van der Waals surface area contributed by atoms with Gasteiger partial charge in [0.25, 0.3) is 0 Å². The van der Waals surface area contributed by atoms with Gasteiger partial charge in [0.15, 0.2) is 0 Å². The number of benzene rings is 2. The summed E-state index contributed by atoms with van der Waals surface area (Å²) in [6, 6.07) is 11.9. The highest BCUT2D eigenvalue weighted by atomic mass is 35.5. The van der Waals surface area contributed by atoms with E-state index < -0.39 is 5.97 Å². The predicted octanol–water partition coefficient (Wildman–Crippen LogP) is 6.30. The molecule has 0 atom stereocenters. The second kappa shape index (κ2) is 10.5. The summed E-state index contributed by atoms with van der Waals surface area (Å²) < 4.78 is 5.72. The Balaban J connectivity index is 1.63. The molecule has 30 heavy (non-hydrogen) atoms. The molecule has 0 heterocycles. The summed E-state index contributed by atoms with van der Waals surface area (Å²) in [7, 11) is 0. The van der Waals surface area contributed by atoms with Crippen LogP contribution in [0, 0.1) is 5.92 Å². The molecule has 1 saturated carbocycles. The van der Waals surface area contributed by atoms with Crippen LogP contribution >= 0.6 is 23.2 Å². The second-order valence-corrected chi connectivity index (χ2v) is 8.11. The third kappa shape index (κ3) is 6.25. The number of carboxylic acids is 1. The van der Waals surface area contributed by atoms with Crippen molar-refractivity contribution in [3.8, 4) is 11.5 Å². The number of amides is 1. The molecule has 0 unspecified atom stereocenters. The molecule has 1 fully saturated rings. The van der Waals surface area contributed by atoms with Gasteiger partial charge in [-0.2, -0.15) is 0 Å². The minimum Gasteiger partial charge on any atom is -0.477 e. The van der Waals surface area contributed by atoms with Crippen LogP contribution in [0.25, 0.3) is 6.08 Å². The van der Waals surface area contributed by atoms with E-state index in [2.05, 4.69) is 5.32 Å². The van der Waals surface area contributed by atoms with Gasteiger partial charge in [0.1, 0.15) is 22.2 Å². The number of carbonyl (C=O) groups excluding carboxylic acids is 1. The summed E-state index contributed by atoms with van der Waals surface area (Å²) in [6.07, 6.45) is 7.31. The normalized spacial score (nSPS) is 14.5. The highest BCUT2D eigenvalue weighted by molar-refractivity contribution is 6.42. The van der Waals surface area contributed by atoms with E-state index in [-0.39, 0.29) is 11.6 Å². The van der Waals surface area contributed by atoms with Crippen molar-refractivity contribution < 1.29 is 19.4 Å². The summed E-state index contributed by atoms with van der Waals surface area (Å²) >= 11 is 12.1. The number of carboxylic acid groups (broad SMARTS) is 1. The Morgan fingerprint density at radius 1 is 1.10 bits per heavy atom. The summed E-state index contributed by atoms with van der Waals surface area (Å²) in [5, 5.41) is 12.7. The first kappa shape index (κ1) is 22.2. The van der Waals surface area contributed by atoms with Gasteiger partial charge < -0.3 is 15.2 Å². The molecule has 7 heteroatoms. The number of rotatable bonds is 8. The smallest absolute Gasteiger partial charge is 0.352 e. The van der Waals surface area contributed by atoms with Gasteiger partial charge in [-0.3, -0.25) is 4.79 Å². The largest absolute Gasteiger partial charge is 0.477 e. The molecular formula is C23H23Cl2NO4. The van der Waals surface area contributed by atoms with Crippen LogP contribution < -0.4 is 10.1 Å². The van der Waals surface area contributed by atoms with E-state index in [1.165, 1.54) is 18.9 Å². The first-order chi connectivity index (χ1) is 14.4. The van der Waals surface area contributed by atoms with E-state index >= 15 is 0 Å². The molecule has 158 valence electrons. The molecular weight excluding hydrogens is 425 g/mol. The van der Waals surface area contributed by atoms with Gasteiger partial charge in [-0.05, 0) is 48.2 Å². The summed E-state index contributed by atoms with van der Waals surface area (Å²) in [5.74, 6) is 0.0666. The molecule has 0 saturated heterocycles. The number of hydrogen-bond donors (Lipinski definition) is 2. The zero-order chi connectivity index (χ0) is 21.5. The van der Waals surface area contributed by atoms with Gasteiger partial charge in [-0.1, -0.05) is 67.1 Å². The second-order valence-electron chi connectivity index (χ2n) is 7.32. The number of halogens is 2. The Bertz CT molecular complexity index is 935. The molecule has 5 nitrogen and oxygen atoms in total. The van der Waals surface area contributed by atoms with Crippen molar-refractivity contribution in [3.63, 3.8) is 0 Å². The van der Waals surface area contributed by atoms with Crippen molar-refractivity contribution in [2.75, 3.05) is 0 Å². The lowest BCUT2D eigenvalue weighted by atomic mass is 10.0. The number of aliphatic carboxylic acids is 1. The third-order valence-electron chi connectivity index (χ3n) is 5.09. The van der Waals surface area contributed by atoms with Crippen molar-refractivity contribution >= 4 is 41.2 Å². The van der Waals surface area contributed by atoms with Gasteiger partial charge in [0.2, 0.25) is 5.91 Å². The fraction of sp³-hybridized carbons (Fsp3) is 0.304. The Kier molecular flexibility index (Phi) is 7.77. The van der Waals surface area contributed by atoms with Crippen LogP contribution in [0.3, 0.4) is 0 Å². The Morgan fingerprint density at radius 2 is 1.80 bits per heavy atom. The molecule has 2 aromatic rings. The van der Waals surface area contributed by atoms with Crippen molar-refractivity contribution in [2.45, 2.75) is 38.5 Å². The Morgan fingerprint density at radius 3 is 2.47 bits per heavy atom. The van der Waals surface area contributed by atoms with Crippen LogP contribution in [0.15, 0.2) is 48.2 Å². The van der Waals surface area contributed by atoms with Crippen molar-refractivity contribution in [2.24, 2.45) is 5.92 Å². The molecule has 2 aromatic carbocycles. The third-order valence-corrected chi connectivity index (χ3v) is 5.90. The topological polar surface area (TPSA) is 75.6 Å². The number of carbonyl (C=O) groups is 2. The van der Waals surface area contributed by atoms with Crippen LogP contribution in [0.2, 0.25) is 10.0 Å². The van der Waals surface area contributed by atoms with Crippen LogP contribution in [0.5, 0.6) is 11.5 Å². The van der Waals surface area contributed by atoms with Crippen LogP contribution in [-0.4, -0.2) is 17.0 Å². The van der Waals surface area contributed by atoms with Gasteiger partial charge in [0, 0.05) is 6.42 Å². The van der Waals surface area contributed by atoms with E-state index in [0.29, 0.717) is 39.4 Å². The van der Waals surface area contributed by atoms with Crippen LogP contribution in [-0.2, 0) is 9.59 Å². The molecule has 0 bridgehead atoms. The molecule has 0 aromatic heterocycles. The highest BCUT2D eigenvalue weighted by Crippen LogP contribution is 2.34. The summed E-state index contributed by atoms with van der Waals surface area (Å²) in [6.45, 7) is 0. The number of nitrogens with one attached hydrogen (secondary N) is 1. The molecule has 1 aliphatic rings. The Hall–Kier alpha value is -2.50. The number of ether oxygens (including phenoxy) is 1. The maximum atomic E-state index is 12.2. The lowest BCUT2D eigenvalue weighted by molar-refractivity contribution is -0.134. The quantitative estimate of drug-likeness (QED) is 0.465. The average Bonchev–Trinajstić information content (AvgIpc) is 3.24. The summed E-state index contributed by atoms with van der Waals surface area (Å²) in [4.78, 5) is 23.7. The maximum Gasteiger partial charge on any atom is 0.352 e. The standard InChI is InChI=1S/C23H23Cl2NO4/c24-18-6-3-7-20(22(18)25)30-17-11-8-16(9-12-17)14-19(23(28)29)26-21(27)13-10-15-4-1-2-5-15/h3,6-9,11-12,14-15H,1-2,4-5,10,13H2,(H,26,27)(H,28,29)/b19-14-. The molecule has 1 aliphatic carbocycles. The van der Waals surface area contributed by atoms with Crippen LogP contribution in [0.1, 0.15) is 44.1 Å². The van der Waals surface area contributed by atoms with E-state index in [1.54, 1.807) is 42.5 Å². The zero-order valence-electron chi connectivity index (χ0n) is 16.4. The number of hydrogen-bond acceptors (Lipinski definition) is 3. The molecule has 0 aliphatic heterocycles. The molecule has 0 spiro atoms. The maximum absolute atomic E-state index is 12.2. The molecule has 3 rings (SSSR count). The van der Waals surface area contributed by atoms with E-state index in [0.717, 1.165) is 19.3 Å². The highest BCUT2D eigenvalue weighted by Gasteiger charge is 2.18. The van der Waals surface area contributed by atoms with Crippen molar-refractivity contribution in [3.05, 3.63) is 63.8 Å². The SMILES string of the molecule is O=C(CCC1CCCC1)N/C(=C\c1ccc(Oc2cccc(Cl)c2Cl)cc1)C(=O)O. The molecule has 0 radical (unpaired) electrons. The lowest BCUT2D eigenvalue weighted by Gasteiger charge is -2.10. The lowest BCUT2D eigenvalue weighted by Crippen LogP contribution is -2.27. The predicted molar refractivity (Wildman–Crippen MR) is 118 cm³/mol. The molecule has 1 amide bonds.